The molecule has 0 unspecified atom stereocenters. The maximum Gasteiger partial charge on any atom is 0.250 e. The van der Waals surface area contributed by atoms with E-state index in [1.54, 1.807) is 18.3 Å². The lowest BCUT2D eigenvalue weighted by Gasteiger charge is -2.34. The van der Waals surface area contributed by atoms with Gasteiger partial charge in [0.05, 0.1) is 5.69 Å². The molecule has 1 aliphatic heterocycles. The quantitative estimate of drug-likeness (QED) is 0.829. The van der Waals surface area contributed by atoms with Gasteiger partial charge in [0.1, 0.15) is 12.3 Å². The summed E-state index contributed by atoms with van der Waals surface area (Å²) >= 11 is 0. The number of piperazine rings is 1. The molecule has 2 aromatic rings. The monoisotopic (exact) mass is 330 g/mol. The molecule has 0 aromatic carbocycles. The van der Waals surface area contributed by atoms with Gasteiger partial charge in [-0.3, -0.25) is 14.5 Å². The molecule has 128 valence electrons. The van der Waals surface area contributed by atoms with Crippen LogP contribution in [0.5, 0.6) is 0 Å². The Kier molecular flexibility index (Phi) is 4.80. The molecule has 2 aromatic heterocycles. The standard InChI is InChI=1S/C17H22N4O3/c1-13-15(14(2)24-18-13)11-19-7-9-20(10-8-19)17(23)12-21-6-4-3-5-16(21)22/h3-6H,7-12H2,1-2H3. The SMILES string of the molecule is Cc1noc(C)c1CN1CCN(C(=O)Cn2ccccc2=O)CC1. The molecule has 1 saturated heterocycles. The Hall–Kier alpha value is -2.41. The van der Waals surface area contributed by atoms with E-state index in [0.717, 1.165) is 36.7 Å². The lowest BCUT2D eigenvalue weighted by molar-refractivity contribution is -0.133. The highest BCUT2D eigenvalue weighted by molar-refractivity contribution is 5.76. The number of amides is 1. The zero-order chi connectivity index (χ0) is 17.1. The van der Waals surface area contributed by atoms with E-state index < -0.39 is 0 Å². The lowest BCUT2D eigenvalue weighted by Crippen LogP contribution is -2.49. The van der Waals surface area contributed by atoms with Crippen LogP contribution in [-0.2, 0) is 17.9 Å². The molecule has 3 heterocycles. The summed E-state index contributed by atoms with van der Waals surface area (Å²) in [6, 6.07) is 4.90. The number of hydrogen-bond donors (Lipinski definition) is 0. The zero-order valence-electron chi connectivity index (χ0n) is 14.1. The topological polar surface area (TPSA) is 71.6 Å². The number of aromatic nitrogens is 2. The molecule has 7 nitrogen and oxygen atoms in total. The summed E-state index contributed by atoms with van der Waals surface area (Å²) in [6.07, 6.45) is 1.65. The molecule has 0 bridgehead atoms. The van der Waals surface area contributed by atoms with Crippen LogP contribution in [0.25, 0.3) is 0 Å². The Morgan fingerprint density at radius 2 is 1.96 bits per heavy atom. The average Bonchev–Trinajstić information content (AvgIpc) is 2.89. The van der Waals surface area contributed by atoms with Gasteiger partial charge in [-0.25, -0.2) is 0 Å². The van der Waals surface area contributed by atoms with Gasteiger partial charge in [-0.05, 0) is 19.9 Å². The Bertz CT molecular complexity index is 753. The highest BCUT2D eigenvalue weighted by atomic mass is 16.5. The third-order valence-corrected chi connectivity index (χ3v) is 4.49. The molecule has 0 aliphatic carbocycles. The van der Waals surface area contributed by atoms with Crippen LogP contribution in [-0.4, -0.2) is 51.6 Å². The van der Waals surface area contributed by atoms with Gasteiger partial charge >= 0.3 is 0 Å². The number of aryl methyl sites for hydroxylation is 2. The minimum atomic E-state index is -0.150. The second-order valence-corrected chi connectivity index (χ2v) is 6.13. The van der Waals surface area contributed by atoms with Crippen LogP contribution in [0.15, 0.2) is 33.7 Å². The minimum Gasteiger partial charge on any atom is -0.361 e. The van der Waals surface area contributed by atoms with Crippen molar-refractivity contribution < 1.29 is 9.32 Å². The second-order valence-electron chi connectivity index (χ2n) is 6.13. The van der Waals surface area contributed by atoms with Crippen LogP contribution in [0, 0.1) is 13.8 Å². The molecule has 0 radical (unpaired) electrons. The van der Waals surface area contributed by atoms with E-state index in [-0.39, 0.29) is 18.0 Å². The number of carbonyl (C=O) groups excluding carboxylic acids is 1. The average molecular weight is 330 g/mol. The van der Waals surface area contributed by atoms with Crippen LogP contribution in [0.3, 0.4) is 0 Å². The molecular formula is C17H22N4O3. The summed E-state index contributed by atoms with van der Waals surface area (Å²) in [4.78, 5) is 28.2. The number of hydrogen-bond acceptors (Lipinski definition) is 5. The van der Waals surface area contributed by atoms with Gasteiger partial charge in [-0.1, -0.05) is 11.2 Å². The molecule has 1 aliphatic rings. The third-order valence-electron chi connectivity index (χ3n) is 4.49. The van der Waals surface area contributed by atoms with Gasteiger partial charge in [-0.15, -0.1) is 0 Å². The maximum absolute atomic E-state index is 12.4. The minimum absolute atomic E-state index is 0.0136. The van der Waals surface area contributed by atoms with E-state index in [1.807, 2.05) is 18.7 Å². The molecule has 24 heavy (non-hydrogen) atoms. The number of carbonyl (C=O) groups is 1. The van der Waals surface area contributed by atoms with Crippen LogP contribution < -0.4 is 5.56 Å². The molecule has 1 amide bonds. The molecule has 7 heteroatoms. The van der Waals surface area contributed by atoms with Crippen molar-refractivity contribution >= 4 is 5.91 Å². The Balaban J connectivity index is 1.54. The van der Waals surface area contributed by atoms with Crippen LogP contribution in [0.4, 0.5) is 0 Å². The van der Waals surface area contributed by atoms with Crippen molar-refractivity contribution in [2.75, 3.05) is 26.2 Å². The van der Waals surface area contributed by atoms with Crippen molar-refractivity contribution in [3.8, 4) is 0 Å². The normalized spacial score (nSPS) is 15.7. The fourth-order valence-electron chi connectivity index (χ4n) is 2.94. The third kappa shape index (κ3) is 3.56. The van der Waals surface area contributed by atoms with Gasteiger partial charge in [0.25, 0.3) is 5.56 Å². The molecule has 3 rings (SSSR count). The lowest BCUT2D eigenvalue weighted by atomic mass is 10.2. The highest BCUT2D eigenvalue weighted by Gasteiger charge is 2.23. The van der Waals surface area contributed by atoms with Gasteiger partial charge in [0.15, 0.2) is 0 Å². The Morgan fingerprint density at radius 3 is 2.58 bits per heavy atom. The van der Waals surface area contributed by atoms with Crippen LogP contribution in [0.1, 0.15) is 17.0 Å². The fourth-order valence-corrected chi connectivity index (χ4v) is 2.94. The summed E-state index contributed by atoms with van der Waals surface area (Å²) in [7, 11) is 0. The van der Waals surface area contributed by atoms with E-state index in [0.29, 0.717) is 13.1 Å². The Morgan fingerprint density at radius 1 is 1.21 bits per heavy atom. The highest BCUT2D eigenvalue weighted by Crippen LogP contribution is 2.16. The number of nitrogens with zero attached hydrogens (tertiary/aromatic N) is 4. The first-order chi connectivity index (χ1) is 11.5. The van der Waals surface area contributed by atoms with Crippen molar-refractivity contribution in [2.45, 2.75) is 26.9 Å². The summed E-state index contributed by atoms with van der Waals surface area (Å²) in [5.41, 5.74) is 1.91. The molecule has 0 spiro atoms. The van der Waals surface area contributed by atoms with Crippen molar-refractivity contribution in [2.24, 2.45) is 0 Å². The molecule has 0 N–H and O–H groups in total. The predicted octanol–water partition coefficient (Wildman–Crippen LogP) is 0.798. The van der Waals surface area contributed by atoms with Crippen molar-refractivity contribution in [1.29, 1.82) is 0 Å². The molecule has 1 fully saturated rings. The van der Waals surface area contributed by atoms with Crippen LogP contribution >= 0.6 is 0 Å². The number of rotatable bonds is 4. The van der Waals surface area contributed by atoms with Crippen molar-refractivity contribution in [1.82, 2.24) is 19.5 Å². The first-order valence-electron chi connectivity index (χ1n) is 8.12. The molecule has 0 atom stereocenters. The summed E-state index contributed by atoms with van der Waals surface area (Å²) < 4.78 is 6.64. The predicted molar refractivity (Wildman–Crippen MR) is 88.5 cm³/mol. The van der Waals surface area contributed by atoms with E-state index in [1.165, 1.54) is 10.6 Å². The first kappa shape index (κ1) is 16.4. The number of pyridine rings is 1. The smallest absolute Gasteiger partial charge is 0.250 e. The fraction of sp³-hybridized carbons (Fsp3) is 0.471. The van der Waals surface area contributed by atoms with Crippen molar-refractivity contribution in [3.63, 3.8) is 0 Å². The Labute approximate surface area is 140 Å². The van der Waals surface area contributed by atoms with Gasteiger partial charge in [0, 0.05) is 50.6 Å². The van der Waals surface area contributed by atoms with E-state index >= 15 is 0 Å². The first-order valence-corrected chi connectivity index (χ1v) is 8.12. The molecular weight excluding hydrogens is 308 g/mol. The van der Waals surface area contributed by atoms with Crippen molar-refractivity contribution in [3.05, 3.63) is 51.8 Å². The maximum atomic E-state index is 12.4. The van der Waals surface area contributed by atoms with E-state index in [9.17, 15) is 9.59 Å². The van der Waals surface area contributed by atoms with Crippen LogP contribution in [0.2, 0.25) is 0 Å². The summed E-state index contributed by atoms with van der Waals surface area (Å²) in [6.45, 7) is 7.72. The van der Waals surface area contributed by atoms with E-state index in [2.05, 4.69) is 10.1 Å². The van der Waals surface area contributed by atoms with Gasteiger partial charge in [-0.2, -0.15) is 0 Å². The largest absolute Gasteiger partial charge is 0.361 e. The zero-order valence-corrected chi connectivity index (χ0v) is 14.1. The summed E-state index contributed by atoms with van der Waals surface area (Å²) in [5, 5.41) is 3.98. The van der Waals surface area contributed by atoms with Gasteiger partial charge in [0.2, 0.25) is 5.91 Å². The van der Waals surface area contributed by atoms with E-state index in [4.69, 9.17) is 4.52 Å². The summed E-state index contributed by atoms with van der Waals surface area (Å²) in [5.74, 6) is 0.842. The van der Waals surface area contributed by atoms with Gasteiger partial charge < -0.3 is 14.0 Å². The second kappa shape index (κ2) is 7.00. The molecule has 0 saturated carbocycles.